The zero-order valence-electron chi connectivity index (χ0n) is 15.4. The van der Waals surface area contributed by atoms with Gasteiger partial charge in [-0.15, -0.1) is 24.8 Å². The largest absolute Gasteiger partial charge is 0.371 e. The Hall–Kier alpha value is -0.970. The molecule has 144 valence electrons. The molecule has 1 aromatic carbocycles. The van der Waals surface area contributed by atoms with Crippen LogP contribution >= 0.6 is 24.8 Å². The van der Waals surface area contributed by atoms with Crippen molar-refractivity contribution in [3.63, 3.8) is 0 Å². The van der Waals surface area contributed by atoms with Crippen LogP contribution in [0.2, 0.25) is 0 Å². The number of carbonyl (C=O) groups excluding carboxylic acids is 1. The maximum absolute atomic E-state index is 12.7. The van der Waals surface area contributed by atoms with Gasteiger partial charge >= 0.3 is 0 Å². The highest BCUT2D eigenvalue weighted by Crippen LogP contribution is 2.28. The molecule has 0 spiro atoms. The van der Waals surface area contributed by atoms with Crippen molar-refractivity contribution in [2.24, 2.45) is 11.1 Å². The molecule has 0 aliphatic carbocycles. The zero-order valence-corrected chi connectivity index (χ0v) is 17.1. The zero-order chi connectivity index (χ0) is 16.7. The minimum atomic E-state index is -0.460. The predicted octanol–water partition coefficient (Wildman–Crippen LogP) is 4.61. The molecular weight excluding hydrogens is 357 g/mol. The summed E-state index contributed by atoms with van der Waals surface area (Å²) in [5.74, 6) is 0.0398. The third-order valence-electron chi connectivity index (χ3n) is 5.30. The Bertz CT molecular complexity index is 505. The van der Waals surface area contributed by atoms with Gasteiger partial charge < -0.3 is 16.0 Å². The summed E-state index contributed by atoms with van der Waals surface area (Å²) in [6.45, 7) is 6.66. The van der Waals surface area contributed by atoms with E-state index in [1.807, 2.05) is 26.0 Å². The molecule has 0 atom stereocenters. The van der Waals surface area contributed by atoms with Gasteiger partial charge in [-0.1, -0.05) is 32.8 Å². The van der Waals surface area contributed by atoms with Crippen LogP contribution in [0.5, 0.6) is 0 Å². The molecular formula is C19H33Cl2N3O. The first-order valence-corrected chi connectivity index (χ1v) is 9.01. The molecule has 1 aliphatic heterocycles. The van der Waals surface area contributed by atoms with E-state index in [1.165, 1.54) is 31.4 Å². The number of carbonyl (C=O) groups is 1. The van der Waals surface area contributed by atoms with E-state index in [1.54, 1.807) is 0 Å². The van der Waals surface area contributed by atoms with Crippen molar-refractivity contribution in [3.05, 3.63) is 24.3 Å². The lowest BCUT2D eigenvalue weighted by Crippen LogP contribution is -2.41. The van der Waals surface area contributed by atoms with Crippen molar-refractivity contribution in [3.8, 4) is 0 Å². The highest BCUT2D eigenvalue weighted by Gasteiger charge is 2.33. The first kappa shape index (κ1) is 24.0. The molecule has 0 radical (unpaired) electrons. The van der Waals surface area contributed by atoms with Crippen molar-refractivity contribution in [1.29, 1.82) is 0 Å². The quantitative estimate of drug-likeness (QED) is 0.746. The van der Waals surface area contributed by atoms with E-state index in [-0.39, 0.29) is 30.7 Å². The molecule has 3 N–H and O–H groups in total. The van der Waals surface area contributed by atoms with Gasteiger partial charge in [0.2, 0.25) is 5.91 Å². The normalized spacial score (nSPS) is 14.8. The average Bonchev–Trinajstić information content (AvgIpc) is 2.86. The van der Waals surface area contributed by atoms with Gasteiger partial charge in [0.25, 0.3) is 0 Å². The number of nitrogens with zero attached hydrogens (tertiary/aromatic N) is 1. The average molecular weight is 390 g/mol. The Balaban J connectivity index is 0.00000288. The summed E-state index contributed by atoms with van der Waals surface area (Å²) in [6, 6.07) is 8.22. The summed E-state index contributed by atoms with van der Waals surface area (Å²) in [5, 5.41) is 3.09. The Morgan fingerprint density at radius 1 is 1.12 bits per heavy atom. The van der Waals surface area contributed by atoms with Gasteiger partial charge in [0.15, 0.2) is 0 Å². The Morgan fingerprint density at radius 3 is 2.24 bits per heavy atom. The highest BCUT2D eigenvalue weighted by atomic mass is 35.5. The Kier molecular flexibility index (Phi) is 11.2. The first-order valence-electron chi connectivity index (χ1n) is 9.01. The van der Waals surface area contributed by atoms with Crippen LogP contribution in [0.3, 0.4) is 0 Å². The van der Waals surface area contributed by atoms with Gasteiger partial charge in [-0.3, -0.25) is 4.79 Å². The number of nitrogens with one attached hydrogen (secondary N) is 1. The molecule has 0 bridgehead atoms. The number of anilines is 2. The molecule has 1 aromatic rings. The number of rotatable bonds is 6. The van der Waals surface area contributed by atoms with Gasteiger partial charge in [0.05, 0.1) is 5.41 Å². The van der Waals surface area contributed by atoms with Crippen LogP contribution in [-0.2, 0) is 4.79 Å². The van der Waals surface area contributed by atoms with Crippen LogP contribution < -0.4 is 16.0 Å². The fourth-order valence-corrected chi connectivity index (χ4v) is 3.33. The molecule has 1 heterocycles. The van der Waals surface area contributed by atoms with Gasteiger partial charge in [-0.2, -0.15) is 0 Å². The Labute approximate surface area is 164 Å². The minimum absolute atomic E-state index is 0. The predicted molar refractivity (Wildman–Crippen MR) is 112 cm³/mol. The lowest BCUT2D eigenvalue weighted by Gasteiger charge is -2.29. The topological polar surface area (TPSA) is 58.4 Å². The van der Waals surface area contributed by atoms with E-state index in [2.05, 4.69) is 22.3 Å². The summed E-state index contributed by atoms with van der Waals surface area (Å²) in [7, 11) is 0. The van der Waals surface area contributed by atoms with E-state index < -0.39 is 5.41 Å². The number of benzene rings is 1. The fraction of sp³-hybridized carbons (Fsp3) is 0.632. The first-order chi connectivity index (χ1) is 11.1. The second kappa shape index (κ2) is 11.6. The van der Waals surface area contributed by atoms with Crippen molar-refractivity contribution in [2.45, 2.75) is 52.4 Å². The number of nitrogens with two attached hydrogens (primary N) is 1. The maximum Gasteiger partial charge on any atom is 0.231 e. The van der Waals surface area contributed by atoms with Crippen molar-refractivity contribution in [1.82, 2.24) is 0 Å². The molecule has 0 saturated carbocycles. The van der Waals surface area contributed by atoms with E-state index in [9.17, 15) is 4.79 Å². The van der Waals surface area contributed by atoms with Crippen LogP contribution in [0, 0.1) is 5.41 Å². The van der Waals surface area contributed by atoms with Crippen LogP contribution in [-0.4, -0.2) is 25.5 Å². The smallest absolute Gasteiger partial charge is 0.231 e. The second-order valence-electron chi connectivity index (χ2n) is 6.60. The summed E-state index contributed by atoms with van der Waals surface area (Å²) in [5.41, 5.74) is 7.50. The van der Waals surface area contributed by atoms with Gasteiger partial charge in [0, 0.05) is 31.0 Å². The molecule has 1 aliphatic rings. The molecule has 1 amide bonds. The van der Waals surface area contributed by atoms with Crippen molar-refractivity contribution >= 4 is 42.1 Å². The van der Waals surface area contributed by atoms with Gasteiger partial charge in [-0.25, -0.2) is 0 Å². The molecule has 1 saturated heterocycles. The molecule has 4 nitrogen and oxygen atoms in total. The summed E-state index contributed by atoms with van der Waals surface area (Å²) in [4.78, 5) is 15.1. The standard InChI is InChI=1S/C19H31N3O.2ClH/c1-3-19(4-2,15-20)18(23)21-16-10-9-11-17(14-16)22-12-7-5-6-8-13-22;;/h9-11,14H,3-8,12-13,15,20H2,1-2H3,(H,21,23);2*1H. The van der Waals surface area contributed by atoms with E-state index in [0.717, 1.165) is 31.6 Å². The maximum atomic E-state index is 12.7. The van der Waals surface area contributed by atoms with Crippen LogP contribution in [0.25, 0.3) is 0 Å². The molecule has 1 fully saturated rings. The van der Waals surface area contributed by atoms with E-state index in [4.69, 9.17) is 5.73 Å². The number of hydrogen-bond acceptors (Lipinski definition) is 3. The van der Waals surface area contributed by atoms with Crippen LogP contribution in [0.4, 0.5) is 11.4 Å². The molecule has 2 rings (SSSR count). The SMILES string of the molecule is CCC(CC)(CN)C(=O)Nc1cccc(N2CCCCCC2)c1.Cl.Cl. The molecule has 0 aromatic heterocycles. The highest BCUT2D eigenvalue weighted by molar-refractivity contribution is 5.95. The molecule has 25 heavy (non-hydrogen) atoms. The van der Waals surface area contributed by atoms with Crippen LogP contribution in [0.1, 0.15) is 52.4 Å². The minimum Gasteiger partial charge on any atom is -0.371 e. The lowest BCUT2D eigenvalue weighted by atomic mass is 9.81. The van der Waals surface area contributed by atoms with Crippen molar-refractivity contribution < 1.29 is 4.79 Å². The molecule has 6 heteroatoms. The monoisotopic (exact) mass is 389 g/mol. The Morgan fingerprint density at radius 2 is 1.72 bits per heavy atom. The van der Waals surface area contributed by atoms with E-state index >= 15 is 0 Å². The summed E-state index contributed by atoms with van der Waals surface area (Å²) < 4.78 is 0. The summed E-state index contributed by atoms with van der Waals surface area (Å²) in [6.07, 6.45) is 6.66. The number of halogens is 2. The van der Waals surface area contributed by atoms with Crippen LogP contribution in [0.15, 0.2) is 24.3 Å². The lowest BCUT2D eigenvalue weighted by molar-refractivity contribution is -0.125. The van der Waals surface area contributed by atoms with Gasteiger partial charge in [0.1, 0.15) is 0 Å². The van der Waals surface area contributed by atoms with E-state index in [0.29, 0.717) is 6.54 Å². The fourth-order valence-electron chi connectivity index (χ4n) is 3.33. The third-order valence-corrected chi connectivity index (χ3v) is 5.30. The van der Waals surface area contributed by atoms with Gasteiger partial charge in [-0.05, 0) is 43.9 Å². The number of hydrogen-bond donors (Lipinski definition) is 2. The van der Waals surface area contributed by atoms with Crippen molar-refractivity contribution in [2.75, 3.05) is 29.9 Å². The second-order valence-corrected chi connectivity index (χ2v) is 6.60. The number of amides is 1. The molecule has 0 unspecified atom stereocenters. The summed E-state index contributed by atoms with van der Waals surface area (Å²) >= 11 is 0. The third kappa shape index (κ3) is 6.05.